The van der Waals surface area contributed by atoms with Crippen molar-refractivity contribution in [1.82, 2.24) is 5.32 Å². The van der Waals surface area contributed by atoms with Crippen LogP contribution in [0.3, 0.4) is 0 Å². The van der Waals surface area contributed by atoms with Crippen LogP contribution >= 0.6 is 35.6 Å². The van der Waals surface area contributed by atoms with Crippen LogP contribution < -0.4 is 11.1 Å². The average molecular weight is 344 g/mol. The summed E-state index contributed by atoms with van der Waals surface area (Å²) in [7, 11) is 0. The summed E-state index contributed by atoms with van der Waals surface area (Å²) in [5, 5.41) is 2.97. The van der Waals surface area contributed by atoms with Gasteiger partial charge in [0.25, 0.3) is 0 Å². The third-order valence-corrected chi connectivity index (χ3v) is 3.79. The molecular weight excluding hydrogens is 326 g/mol. The highest BCUT2D eigenvalue weighted by Gasteiger charge is 2.22. The quantitative estimate of drug-likeness (QED) is 0.819. The number of hydrogen-bond acceptors (Lipinski definition) is 2. The number of carbonyl (C=O) groups is 1. The molecule has 0 radical (unpaired) electrons. The van der Waals surface area contributed by atoms with Crippen molar-refractivity contribution < 1.29 is 9.18 Å². The Hall–Kier alpha value is -0.550. The first-order valence-corrected chi connectivity index (χ1v) is 6.70. The van der Waals surface area contributed by atoms with Crippen molar-refractivity contribution in [2.45, 2.75) is 32.9 Å². The van der Waals surface area contributed by atoms with Crippen LogP contribution in [0.25, 0.3) is 0 Å². The van der Waals surface area contributed by atoms with Crippen molar-refractivity contribution in [3.63, 3.8) is 0 Å². The molecule has 1 rings (SSSR count). The van der Waals surface area contributed by atoms with Gasteiger partial charge in [-0.15, -0.1) is 12.4 Å². The molecule has 0 saturated heterocycles. The van der Waals surface area contributed by atoms with E-state index in [1.54, 1.807) is 20.8 Å². The first-order chi connectivity index (χ1) is 8.75. The molecule has 7 heteroatoms. The van der Waals surface area contributed by atoms with E-state index >= 15 is 0 Å². The molecule has 3 atom stereocenters. The number of benzene rings is 1. The fourth-order valence-corrected chi connectivity index (χ4v) is 2.29. The lowest BCUT2D eigenvalue weighted by Gasteiger charge is -2.21. The third-order valence-electron chi connectivity index (χ3n) is 3.07. The van der Waals surface area contributed by atoms with Gasteiger partial charge in [0.05, 0.1) is 11.1 Å². The number of halogens is 4. The van der Waals surface area contributed by atoms with E-state index in [1.807, 2.05) is 0 Å². The van der Waals surface area contributed by atoms with Crippen LogP contribution in [0.15, 0.2) is 12.1 Å². The lowest BCUT2D eigenvalue weighted by Crippen LogP contribution is -2.39. The van der Waals surface area contributed by atoms with Crippen LogP contribution in [0.1, 0.15) is 32.4 Å². The zero-order valence-electron chi connectivity index (χ0n) is 11.4. The minimum atomic E-state index is -0.567. The zero-order valence-corrected chi connectivity index (χ0v) is 13.7. The molecule has 1 aromatic rings. The van der Waals surface area contributed by atoms with Gasteiger partial charge in [0.15, 0.2) is 0 Å². The van der Waals surface area contributed by atoms with Gasteiger partial charge in [-0.3, -0.25) is 4.79 Å². The van der Waals surface area contributed by atoms with Gasteiger partial charge in [0, 0.05) is 22.5 Å². The molecule has 0 aromatic heterocycles. The highest BCUT2D eigenvalue weighted by Crippen LogP contribution is 2.32. The predicted molar refractivity (Wildman–Crippen MR) is 83.0 cm³/mol. The number of nitrogens with two attached hydrogens (primary N) is 1. The fraction of sp³-hybridized carbons (Fsp3) is 0.462. The van der Waals surface area contributed by atoms with Crippen molar-refractivity contribution in [1.29, 1.82) is 0 Å². The molecular formula is C13H18Cl3FN2O. The topological polar surface area (TPSA) is 55.1 Å². The van der Waals surface area contributed by atoms with Gasteiger partial charge in [-0.05, 0) is 26.0 Å². The third kappa shape index (κ3) is 4.48. The van der Waals surface area contributed by atoms with Crippen molar-refractivity contribution in [2.75, 3.05) is 0 Å². The highest BCUT2D eigenvalue weighted by atomic mass is 35.5. The van der Waals surface area contributed by atoms with Gasteiger partial charge >= 0.3 is 0 Å². The summed E-state index contributed by atoms with van der Waals surface area (Å²) in [5.41, 5.74) is 6.03. The minimum Gasteiger partial charge on any atom is -0.349 e. The molecule has 1 aromatic carbocycles. The second-order valence-corrected chi connectivity index (χ2v) is 5.42. The summed E-state index contributed by atoms with van der Waals surface area (Å²) >= 11 is 11.9. The first kappa shape index (κ1) is 19.4. The maximum Gasteiger partial charge on any atom is 0.224 e. The molecule has 0 saturated carbocycles. The van der Waals surface area contributed by atoms with Crippen LogP contribution in [0.5, 0.6) is 0 Å². The lowest BCUT2D eigenvalue weighted by molar-refractivity contribution is -0.125. The van der Waals surface area contributed by atoms with Crippen LogP contribution in [-0.4, -0.2) is 11.9 Å². The van der Waals surface area contributed by atoms with Gasteiger partial charge in [0.1, 0.15) is 5.82 Å². The number of carbonyl (C=O) groups excluding carboxylic acids is 1. The maximum atomic E-state index is 13.4. The van der Waals surface area contributed by atoms with Crippen molar-refractivity contribution in [3.8, 4) is 0 Å². The van der Waals surface area contributed by atoms with E-state index in [0.29, 0.717) is 10.6 Å². The fourth-order valence-electron chi connectivity index (χ4n) is 1.60. The summed E-state index contributed by atoms with van der Waals surface area (Å²) in [4.78, 5) is 11.9. The number of amides is 1. The van der Waals surface area contributed by atoms with E-state index in [-0.39, 0.29) is 35.3 Å². The van der Waals surface area contributed by atoms with E-state index in [0.717, 1.165) is 0 Å². The SMILES string of the molecule is CC(NC(=O)C(C)C(C)N)c1c(Cl)ccc(F)c1Cl.Cl. The zero-order chi connectivity index (χ0) is 14.7. The second kappa shape index (κ2) is 8.03. The molecule has 0 aliphatic rings. The molecule has 3 N–H and O–H groups in total. The maximum absolute atomic E-state index is 13.4. The normalized spacial score (nSPS) is 14.9. The van der Waals surface area contributed by atoms with Gasteiger partial charge in [-0.25, -0.2) is 4.39 Å². The van der Waals surface area contributed by atoms with Crippen molar-refractivity contribution >= 4 is 41.5 Å². The van der Waals surface area contributed by atoms with Crippen molar-refractivity contribution in [2.24, 2.45) is 11.7 Å². The van der Waals surface area contributed by atoms with E-state index in [2.05, 4.69) is 5.32 Å². The average Bonchev–Trinajstić information content (AvgIpc) is 2.33. The molecule has 0 aliphatic heterocycles. The van der Waals surface area contributed by atoms with Crippen LogP contribution in [0.2, 0.25) is 10.0 Å². The van der Waals surface area contributed by atoms with E-state index in [4.69, 9.17) is 28.9 Å². The van der Waals surface area contributed by atoms with E-state index in [1.165, 1.54) is 12.1 Å². The molecule has 20 heavy (non-hydrogen) atoms. The number of hydrogen-bond donors (Lipinski definition) is 2. The monoisotopic (exact) mass is 342 g/mol. The van der Waals surface area contributed by atoms with Gasteiger partial charge in [-0.2, -0.15) is 0 Å². The molecule has 0 heterocycles. The Morgan fingerprint density at radius 2 is 1.85 bits per heavy atom. The molecule has 1 amide bonds. The summed E-state index contributed by atoms with van der Waals surface area (Å²) in [6, 6.07) is 1.83. The van der Waals surface area contributed by atoms with Crippen LogP contribution in [0, 0.1) is 11.7 Å². The largest absolute Gasteiger partial charge is 0.349 e. The van der Waals surface area contributed by atoms with Crippen molar-refractivity contribution in [3.05, 3.63) is 33.6 Å². The molecule has 0 spiro atoms. The van der Waals surface area contributed by atoms with Crippen LogP contribution in [-0.2, 0) is 4.79 Å². The Balaban J connectivity index is 0.00000361. The highest BCUT2D eigenvalue weighted by molar-refractivity contribution is 6.36. The summed E-state index contributed by atoms with van der Waals surface area (Å²) in [6.45, 7) is 5.16. The number of rotatable bonds is 4. The predicted octanol–water partition coefficient (Wildman–Crippen LogP) is 3.71. The Morgan fingerprint density at radius 1 is 1.30 bits per heavy atom. The minimum absolute atomic E-state index is 0. The summed E-state index contributed by atoms with van der Waals surface area (Å²) in [5.74, 6) is -1.14. The molecule has 3 unspecified atom stereocenters. The van der Waals surface area contributed by atoms with Gasteiger partial charge in [0.2, 0.25) is 5.91 Å². The molecule has 114 valence electrons. The second-order valence-electron chi connectivity index (χ2n) is 4.63. The first-order valence-electron chi connectivity index (χ1n) is 5.95. The lowest BCUT2D eigenvalue weighted by atomic mass is 10.0. The Labute approximate surface area is 134 Å². The van der Waals surface area contributed by atoms with Crippen LogP contribution in [0.4, 0.5) is 4.39 Å². The molecule has 0 aliphatic carbocycles. The van der Waals surface area contributed by atoms with E-state index in [9.17, 15) is 9.18 Å². The number of nitrogens with one attached hydrogen (secondary N) is 1. The standard InChI is InChI=1S/C13H17Cl2FN2O.ClH/c1-6(7(2)17)13(19)18-8(3)11-9(14)4-5-10(16)12(11)15;/h4-8H,17H2,1-3H3,(H,18,19);1H. The van der Waals surface area contributed by atoms with Gasteiger partial charge < -0.3 is 11.1 Å². The summed E-state index contributed by atoms with van der Waals surface area (Å²) < 4.78 is 13.4. The molecule has 0 bridgehead atoms. The summed E-state index contributed by atoms with van der Waals surface area (Å²) in [6.07, 6.45) is 0. The Morgan fingerprint density at radius 3 is 2.35 bits per heavy atom. The Bertz CT molecular complexity index is 483. The van der Waals surface area contributed by atoms with E-state index < -0.39 is 11.9 Å². The molecule has 0 fully saturated rings. The van der Waals surface area contributed by atoms with Gasteiger partial charge in [-0.1, -0.05) is 30.1 Å². The Kier molecular flexibility index (Phi) is 7.81. The molecule has 3 nitrogen and oxygen atoms in total. The smallest absolute Gasteiger partial charge is 0.224 e.